The lowest BCUT2D eigenvalue weighted by Gasteiger charge is -2.18. The van der Waals surface area contributed by atoms with Gasteiger partial charge in [0.25, 0.3) is 0 Å². The third kappa shape index (κ3) is 68.5. The highest BCUT2D eigenvalue weighted by Crippen LogP contribution is 2.17. The molecule has 0 rings (SSSR count). The van der Waals surface area contributed by atoms with Crippen LogP contribution in [0.15, 0.2) is 122 Å². The molecule has 0 aliphatic rings. The van der Waals surface area contributed by atoms with E-state index in [1.54, 1.807) is 0 Å². The minimum atomic E-state index is -0.787. The lowest BCUT2D eigenvalue weighted by atomic mass is 10.0. The van der Waals surface area contributed by atoms with Crippen LogP contribution in [0.1, 0.15) is 329 Å². The van der Waals surface area contributed by atoms with Crippen LogP contribution in [0.2, 0.25) is 0 Å². The number of carbonyl (C=O) groups excluding carboxylic acids is 3. The zero-order valence-electron chi connectivity index (χ0n) is 54.4. The van der Waals surface area contributed by atoms with Gasteiger partial charge in [0.2, 0.25) is 0 Å². The predicted octanol–water partition coefficient (Wildman–Crippen LogP) is 24.3. The molecule has 0 aromatic heterocycles. The lowest BCUT2D eigenvalue weighted by molar-refractivity contribution is -0.167. The molecular weight excluding hydrogens is 1020 g/mol. The van der Waals surface area contributed by atoms with Crippen molar-refractivity contribution < 1.29 is 28.6 Å². The monoisotopic (exact) mass is 1150 g/mol. The van der Waals surface area contributed by atoms with Crippen LogP contribution in [0.3, 0.4) is 0 Å². The van der Waals surface area contributed by atoms with E-state index in [-0.39, 0.29) is 31.1 Å². The molecule has 0 heterocycles. The second-order valence-electron chi connectivity index (χ2n) is 23.1. The van der Waals surface area contributed by atoms with Gasteiger partial charge >= 0.3 is 17.9 Å². The molecule has 0 spiro atoms. The van der Waals surface area contributed by atoms with Gasteiger partial charge in [-0.25, -0.2) is 0 Å². The van der Waals surface area contributed by atoms with Crippen molar-refractivity contribution in [2.45, 2.75) is 335 Å². The maximum atomic E-state index is 12.9. The number of rotatable bonds is 63. The summed E-state index contributed by atoms with van der Waals surface area (Å²) >= 11 is 0. The number of ether oxygens (including phenoxy) is 3. The number of hydrogen-bond donors (Lipinski definition) is 0. The highest BCUT2D eigenvalue weighted by molar-refractivity contribution is 5.71. The second-order valence-corrected chi connectivity index (χ2v) is 23.1. The summed E-state index contributed by atoms with van der Waals surface area (Å²) in [5.41, 5.74) is 0. The maximum Gasteiger partial charge on any atom is 0.306 e. The topological polar surface area (TPSA) is 78.9 Å². The van der Waals surface area contributed by atoms with Gasteiger partial charge in [0, 0.05) is 19.3 Å². The van der Waals surface area contributed by atoms with Crippen LogP contribution in [-0.2, 0) is 28.6 Å². The van der Waals surface area contributed by atoms with E-state index < -0.39 is 6.10 Å². The van der Waals surface area contributed by atoms with E-state index in [0.29, 0.717) is 19.3 Å². The molecule has 83 heavy (non-hydrogen) atoms. The first kappa shape index (κ1) is 78.8. The van der Waals surface area contributed by atoms with Gasteiger partial charge in [-0.3, -0.25) is 14.4 Å². The van der Waals surface area contributed by atoms with E-state index in [1.165, 1.54) is 154 Å². The molecule has 1 unspecified atom stereocenters. The summed E-state index contributed by atoms with van der Waals surface area (Å²) in [5.74, 6) is -0.910. The average Bonchev–Trinajstić information content (AvgIpc) is 3.48. The molecule has 6 heteroatoms. The molecule has 0 radical (unpaired) electrons. The van der Waals surface area contributed by atoms with Crippen molar-refractivity contribution >= 4 is 17.9 Å². The van der Waals surface area contributed by atoms with Crippen LogP contribution in [0.4, 0.5) is 0 Å². The van der Waals surface area contributed by atoms with Crippen LogP contribution in [0.5, 0.6) is 0 Å². The minimum absolute atomic E-state index is 0.0847. The Hall–Kier alpha value is -4.19. The van der Waals surface area contributed by atoms with Gasteiger partial charge in [0.05, 0.1) is 0 Å². The van der Waals surface area contributed by atoms with Crippen LogP contribution >= 0.6 is 0 Å². The SMILES string of the molecule is CC/C=C\C/C=C\C/C=C\C/C=C\C/C=C\C/C=C\C/C=C\C/C=C\C/C=C\C/C=C\CCCCCCC(=O)OCC(COC(=O)CCCCCCCC)OC(=O)CCCCCCCCCCCCCCCCCCCCCCCCCC. The molecule has 0 aliphatic heterocycles. The fourth-order valence-electron chi connectivity index (χ4n) is 9.77. The smallest absolute Gasteiger partial charge is 0.306 e. The number of allylic oxidation sites excluding steroid dienone is 20. The molecule has 0 aromatic rings. The lowest BCUT2D eigenvalue weighted by Crippen LogP contribution is -2.30. The summed E-state index contributed by atoms with van der Waals surface area (Å²) in [6.07, 6.45) is 98.4. The second kappa shape index (κ2) is 70.3. The molecule has 0 saturated heterocycles. The molecule has 0 amide bonds. The predicted molar refractivity (Wildman–Crippen MR) is 362 cm³/mol. The van der Waals surface area contributed by atoms with Crippen molar-refractivity contribution in [2.75, 3.05) is 13.2 Å². The largest absolute Gasteiger partial charge is 0.462 e. The fraction of sp³-hybridized carbons (Fsp3) is 0.701. The molecule has 0 fully saturated rings. The Labute approximate surface area is 513 Å². The van der Waals surface area contributed by atoms with Crippen molar-refractivity contribution in [1.29, 1.82) is 0 Å². The Morgan fingerprint density at radius 3 is 0.735 bits per heavy atom. The zero-order valence-corrected chi connectivity index (χ0v) is 54.4. The number of esters is 3. The van der Waals surface area contributed by atoms with Crippen molar-refractivity contribution in [3.05, 3.63) is 122 Å². The van der Waals surface area contributed by atoms with Gasteiger partial charge in [-0.1, -0.05) is 335 Å². The van der Waals surface area contributed by atoms with E-state index >= 15 is 0 Å². The van der Waals surface area contributed by atoms with E-state index in [2.05, 4.69) is 142 Å². The molecule has 1 atom stereocenters. The van der Waals surface area contributed by atoms with Gasteiger partial charge in [-0.2, -0.15) is 0 Å². The Bertz CT molecular complexity index is 1700. The van der Waals surface area contributed by atoms with Gasteiger partial charge in [-0.05, 0) is 96.3 Å². The average molecular weight is 1150 g/mol. The summed E-state index contributed by atoms with van der Waals surface area (Å²) in [5, 5.41) is 0. The van der Waals surface area contributed by atoms with Crippen LogP contribution in [0.25, 0.3) is 0 Å². The van der Waals surface area contributed by atoms with Gasteiger partial charge in [0.15, 0.2) is 6.10 Å². The first-order valence-corrected chi connectivity index (χ1v) is 35.0. The first-order chi connectivity index (χ1) is 41.0. The van der Waals surface area contributed by atoms with Gasteiger partial charge in [0.1, 0.15) is 13.2 Å². The van der Waals surface area contributed by atoms with Crippen molar-refractivity contribution in [2.24, 2.45) is 0 Å². The maximum absolute atomic E-state index is 12.9. The number of carbonyl (C=O) groups is 3. The third-order valence-electron chi connectivity index (χ3n) is 15.0. The molecule has 0 bridgehead atoms. The Kier molecular flexibility index (Phi) is 66.7. The molecule has 0 saturated carbocycles. The van der Waals surface area contributed by atoms with Crippen LogP contribution in [-0.4, -0.2) is 37.2 Å². The summed E-state index contributed by atoms with van der Waals surface area (Å²) < 4.78 is 16.8. The highest BCUT2D eigenvalue weighted by Gasteiger charge is 2.19. The van der Waals surface area contributed by atoms with E-state index in [0.717, 1.165) is 135 Å². The molecular formula is C77H130O6. The molecule has 0 aliphatic carbocycles. The van der Waals surface area contributed by atoms with Crippen molar-refractivity contribution in [3.63, 3.8) is 0 Å². The number of hydrogen-bond acceptors (Lipinski definition) is 6. The van der Waals surface area contributed by atoms with E-state index in [1.807, 2.05) is 0 Å². The van der Waals surface area contributed by atoms with E-state index in [4.69, 9.17) is 14.2 Å². The van der Waals surface area contributed by atoms with Crippen molar-refractivity contribution in [1.82, 2.24) is 0 Å². The summed E-state index contributed by atoms with van der Waals surface area (Å²) in [6.45, 7) is 6.48. The number of unbranched alkanes of at least 4 members (excludes halogenated alkanes) is 32. The van der Waals surface area contributed by atoms with Crippen LogP contribution in [0, 0.1) is 0 Å². The normalized spacial score (nSPS) is 12.9. The quantitative estimate of drug-likeness (QED) is 0.0261. The standard InChI is InChI=1S/C77H130O6/c1-4-7-10-13-16-18-20-22-24-26-28-30-32-34-35-36-37-38-39-40-41-42-43-44-46-47-49-51-53-55-57-59-61-64-67-70-76(79)82-73-74(72-81-75(78)69-66-63-15-12-9-6-3)83-77(80)71-68-65-62-60-58-56-54-52-50-48-45-33-31-29-27-25-23-21-19-17-14-11-8-5-2/h7,10,16,18,22,24,28,30,34-35,37-38,40-41,43-44,47,49,53,55,74H,4-6,8-9,11-15,17,19-21,23,25-27,29,31-33,36,39,42,45-46,48,50-52,54,56-73H2,1-3H3/b10-7-,18-16-,24-22-,30-28-,35-34-,38-37-,41-40-,44-43-,49-47-,55-53-. The molecule has 0 N–H and O–H groups in total. The summed E-state index contributed by atoms with van der Waals surface area (Å²) in [7, 11) is 0. The molecule has 0 aromatic carbocycles. The summed E-state index contributed by atoms with van der Waals surface area (Å²) in [4.78, 5) is 38.1. The minimum Gasteiger partial charge on any atom is -0.462 e. The molecule has 474 valence electrons. The first-order valence-electron chi connectivity index (χ1n) is 35.0. The zero-order chi connectivity index (χ0) is 59.9. The molecule has 6 nitrogen and oxygen atoms in total. The third-order valence-corrected chi connectivity index (χ3v) is 15.0. The Morgan fingerprint density at radius 1 is 0.253 bits per heavy atom. The van der Waals surface area contributed by atoms with E-state index in [9.17, 15) is 14.4 Å². The Morgan fingerprint density at radius 2 is 0.470 bits per heavy atom. The summed E-state index contributed by atoms with van der Waals surface area (Å²) in [6, 6.07) is 0. The highest BCUT2D eigenvalue weighted by atomic mass is 16.6. The van der Waals surface area contributed by atoms with Crippen molar-refractivity contribution in [3.8, 4) is 0 Å². The van der Waals surface area contributed by atoms with Gasteiger partial charge < -0.3 is 14.2 Å². The van der Waals surface area contributed by atoms with Gasteiger partial charge in [-0.15, -0.1) is 0 Å². The fourth-order valence-corrected chi connectivity index (χ4v) is 9.77. The van der Waals surface area contributed by atoms with Crippen LogP contribution < -0.4 is 0 Å². The Balaban J connectivity index is 4.12.